The average Bonchev–Trinajstić information content (AvgIpc) is 3.42. The van der Waals surface area contributed by atoms with Gasteiger partial charge in [-0.25, -0.2) is 4.98 Å². The predicted molar refractivity (Wildman–Crippen MR) is 126 cm³/mol. The van der Waals surface area contributed by atoms with Crippen LogP contribution in [-0.4, -0.2) is 46.2 Å². The molecule has 1 aromatic carbocycles. The van der Waals surface area contributed by atoms with E-state index in [0.29, 0.717) is 57.5 Å². The minimum atomic E-state index is -0.313. The maximum absolute atomic E-state index is 13.3. The molecule has 1 aliphatic heterocycles. The van der Waals surface area contributed by atoms with Crippen molar-refractivity contribution in [2.75, 3.05) is 29.9 Å². The van der Waals surface area contributed by atoms with Gasteiger partial charge in [0.2, 0.25) is 5.91 Å². The normalized spacial score (nSPS) is 13.9. The zero-order valence-electron chi connectivity index (χ0n) is 18.1. The molecule has 33 heavy (non-hydrogen) atoms. The van der Waals surface area contributed by atoms with E-state index in [1.165, 1.54) is 0 Å². The van der Waals surface area contributed by atoms with Crippen molar-refractivity contribution >= 4 is 45.8 Å². The fourth-order valence-electron chi connectivity index (χ4n) is 4.06. The summed E-state index contributed by atoms with van der Waals surface area (Å²) in [7, 11) is 1.79. The van der Waals surface area contributed by atoms with Gasteiger partial charge in [-0.3, -0.25) is 14.3 Å². The molecule has 4 aromatic rings. The summed E-state index contributed by atoms with van der Waals surface area (Å²) in [4.78, 5) is 31.6. The Labute approximate surface area is 194 Å². The molecule has 5 rings (SSSR count). The Morgan fingerprint density at radius 1 is 1.27 bits per heavy atom. The molecule has 2 N–H and O–H groups in total. The molecule has 2 amide bonds. The standard InChI is InChI=1S/C23H21ClN6O3/c1-13-21-15(11-17(19-4-3-9-33-19)27-22(21)29(2)28-13)23(32)26-14-5-6-18(16(24)10-14)30-8-7-25-20(31)12-30/h3-6,9-11H,7-8,12H2,1-2H3,(H,25,31)(H,26,32). The largest absolute Gasteiger partial charge is 0.463 e. The number of pyridine rings is 1. The van der Waals surface area contributed by atoms with E-state index >= 15 is 0 Å². The number of nitrogens with one attached hydrogen (secondary N) is 2. The second-order valence-electron chi connectivity index (χ2n) is 7.83. The number of benzene rings is 1. The number of halogens is 1. The molecule has 10 heteroatoms. The van der Waals surface area contributed by atoms with Crippen LogP contribution in [0.5, 0.6) is 0 Å². The first-order valence-corrected chi connectivity index (χ1v) is 10.8. The molecule has 0 bridgehead atoms. The minimum Gasteiger partial charge on any atom is -0.463 e. The summed E-state index contributed by atoms with van der Waals surface area (Å²) < 4.78 is 7.13. The monoisotopic (exact) mass is 464 g/mol. The number of anilines is 2. The number of nitrogens with zero attached hydrogens (tertiary/aromatic N) is 4. The lowest BCUT2D eigenvalue weighted by Crippen LogP contribution is -2.47. The molecule has 0 atom stereocenters. The van der Waals surface area contributed by atoms with E-state index in [-0.39, 0.29) is 18.4 Å². The van der Waals surface area contributed by atoms with Crippen LogP contribution in [0.3, 0.4) is 0 Å². The third-order valence-electron chi connectivity index (χ3n) is 5.57. The van der Waals surface area contributed by atoms with Crippen LogP contribution in [0.25, 0.3) is 22.5 Å². The van der Waals surface area contributed by atoms with Crippen molar-refractivity contribution in [3.8, 4) is 11.5 Å². The highest BCUT2D eigenvalue weighted by molar-refractivity contribution is 6.33. The van der Waals surface area contributed by atoms with Crippen LogP contribution < -0.4 is 15.5 Å². The summed E-state index contributed by atoms with van der Waals surface area (Å²) in [6.45, 7) is 3.32. The van der Waals surface area contributed by atoms with Gasteiger partial charge in [0.05, 0.1) is 40.2 Å². The van der Waals surface area contributed by atoms with Crippen molar-refractivity contribution in [3.05, 3.63) is 58.9 Å². The lowest BCUT2D eigenvalue weighted by atomic mass is 10.1. The van der Waals surface area contributed by atoms with Crippen LogP contribution in [0.2, 0.25) is 5.02 Å². The number of furan rings is 1. The van der Waals surface area contributed by atoms with Gasteiger partial charge in [-0.1, -0.05) is 11.6 Å². The molecule has 168 valence electrons. The first kappa shape index (κ1) is 21.0. The van der Waals surface area contributed by atoms with Gasteiger partial charge < -0.3 is 20.0 Å². The van der Waals surface area contributed by atoms with Gasteiger partial charge in [0.1, 0.15) is 5.69 Å². The molecule has 1 saturated heterocycles. The van der Waals surface area contributed by atoms with E-state index in [1.54, 1.807) is 48.3 Å². The van der Waals surface area contributed by atoms with Crippen LogP contribution in [0.4, 0.5) is 11.4 Å². The van der Waals surface area contributed by atoms with Gasteiger partial charge >= 0.3 is 0 Å². The topological polar surface area (TPSA) is 105 Å². The quantitative estimate of drug-likeness (QED) is 0.479. The smallest absolute Gasteiger partial charge is 0.256 e. The Morgan fingerprint density at radius 3 is 2.85 bits per heavy atom. The number of carbonyl (C=O) groups is 2. The van der Waals surface area contributed by atoms with Gasteiger partial charge in [-0.05, 0) is 43.3 Å². The van der Waals surface area contributed by atoms with E-state index in [1.807, 2.05) is 17.9 Å². The number of aromatic nitrogens is 3. The Morgan fingerprint density at radius 2 is 2.12 bits per heavy atom. The third-order valence-corrected chi connectivity index (χ3v) is 5.87. The SMILES string of the molecule is Cc1nn(C)c2nc(-c3ccco3)cc(C(=O)Nc3ccc(N4CCNC(=O)C4)c(Cl)c3)c12. The summed E-state index contributed by atoms with van der Waals surface area (Å²) >= 11 is 6.50. The first-order valence-electron chi connectivity index (χ1n) is 10.4. The van der Waals surface area contributed by atoms with Crippen LogP contribution in [0.15, 0.2) is 47.1 Å². The maximum atomic E-state index is 13.3. The zero-order valence-corrected chi connectivity index (χ0v) is 18.8. The molecular formula is C23H21ClN6O3. The number of rotatable bonds is 4. The molecule has 1 fully saturated rings. The fourth-order valence-corrected chi connectivity index (χ4v) is 4.36. The molecular weight excluding hydrogens is 444 g/mol. The predicted octanol–water partition coefficient (Wildman–Crippen LogP) is 3.38. The Bertz CT molecular complexity index is 1380. The van der Waals surface area contributed by atoms with Gasteiger partial charge in [-0.2, -0.15) is 5.10 Å². The van der Waals surface area contributed by atoms with Crippen LogP contribution in [0.1, 0.15) is 16.1 Å². The molecule has 0 unspecified atom stereocenters. The van der Waals surface area contributed by atoms with Crippen LogP contribution >= 0.6 is 11.6 Å². The summed E-state index contributed by atoms with van der Waals surface area (Å²) in [6, 6.07) is 10.5. The summed E-state index contributed by atoms with van der Waals surface area (Å²) in [5.41, 5.74) is 3.55. The van der Waals surface area contributed by atoms with Crippen molar-refractivity contribution in [2.45, 2.75) is 6.92 Å². The second kappa shape index (κ2) is 8.25. The van der Waals surface area contributed by atoms with Gasteiger partial charge in [-0.15, -0.1) is 0 Å². The van der Waals surface area contributed by atoms with Crippen molar-refractivity contribution in [1.82, 2.24) is 20.1 Å². The summed E-state index contributed by atoms with van der Waals surface area (Å²) in [5, 5.41) is 11.3. The van der Waals surface area contributed by atoms with Gasteiger partial charge in [0.15, 0.2) is 11.4 Å². The number of hydrogen-bond acceptors (Lipinski definition) is 6. The van der Waals surface area contributed by atoms with Crippen molar-refractivity contribution < 1.29 is 14.0 Å². The molecule has 4 heterocycles. The summed E-state index contributed by atoms with van der Waals surface area (Å²) in [6.07, 6.45) is 1.56. The lowest BCUT2D eigenvalue weighted by Gasteiger charge is -2.29. The van der Waals surface area contributed by atoms with Crippen molar-refractivity contribution in [3.63, 3.8) is 0 Å². The van der Waals surface area contributed by atoms with Gasteiger partial charge in [0.25, 0.3) is 5.91 Å². The Balaban J connectivity index is 1.48. The lowest BCUT2D eigenvalue weighted by molar-refractivity contribution is -0.120. The number of carbonyl (C=O) groups excluding carboxylic acids is 2. The van der Waals surface area contributed by atoms with Crippen molar-refractivity contribution in [2.24, 2.45) is 7.05 Å². The Kier molecular flexibility index (Phi) is 5.26. The highest BCUT2D eigenvalue weighted by Crippen LogP contribution is 2.31. The minimum absolute atomic E-state index is 0.0457. The maximum Gasteiger partial charge on any atom is 0.256 e. The van der Waals surface area contributed by atoms with E-state index in [4.69, 9.17) is 16.0 Å². The average molecular weight is 465 g/mol. The van der Waals surface area contributed by atoms with E-state index in [9.17, 15) is 9.59 Å². The molecule has 0 aliphatic carbocycles. The second-order valence-corrected chi connectivity index (χ2v) is 8.24. The first-order chi connectivity index (χ1) is 15.9. The molecule has 3 aromatic heterocycles. The van der Waals surface area contributed by atoms with E-state index in [0.717, 1.165) is 5.69 Å². The molecule has 0 spiro atoms. The number of amides is 2. The molecule has 0 saturated carbocycles. The van der Waals surface area contributed by atoms with Crippen LogP contribution in [-0.2, 0) is 11.8 Å². The van der Waals surface area contributed by atoms with E-state index in [2.05, 4.69) is 20.7 Å². The Hall–Kier alpha value is -3.85. The highest BCUT2D eigenvalue weighted by Gasteiger charge is 2.22. The van der Waals surface area contributed by atoms with E-state index < -0.39 is 0 Å². The number of hydrogen-bond donors (Lipinski definition) is 2. The van der Waals surface area contributed by atoms with Crippen LogP contribution in [0, 0.1) is 6.92 Å². The summed E-state index contributed by atoms with van der Waals surface area (Å²) in [5.74, 6) is 0.200. The highest BCUT2D eigenvalue weighted by atomic mass is 35.5. The number of aryl methyl sites for hydroxylation is 2. The molecule has 0 radical (unpaired) electrons. The zero-order chi connectivity index (χ0) is 23.1. The number of fused-ring (bicyclic) bond motifs is 1. The van der Waals surface area contributed by atoms with Gasteiger partial charge in [0, 0.05) is 25.8 Å². The molecule has 9 nitrogen and oxygen atoms in total. The van der Waals surface area contributed by atoms with Crippen molar-refractivity contribution in [1.29, 1.82) is 0 Å². The fraction of sp³-hybridized carbons (Fsp3) is 0.217. The number of piperazine rings is 1. The molecule has 1 aliphatic rings. The third kappa shape index (κ3) is 3.91.